The van der Waals surface area contributed by atoms with Crippen LogP contribution in [0.5, 0.6) is 5.75 Å². The first-order chi connectivity index (χ1) is 10.2. The van der Waals surface area contributed by atoms with E-state index in [1.807, 2.05) is 6.07 Å². The van der Waals surface area contributed by atoms with Gasteiger partial charge in [-0.1, -0.05) is 55.2 Å². The second-order valence-corrected chi connectivity index (χ2v) is 6.90. The van der Waals surface area contributed by atoms with Crippen LogP contribution in [0, 0.1) is 0 Å². The number of phenolic OH excluding ortho intramolecular Hbond substituents is 1. The van der Waals surface area contributed by atoms with Crippen molar-refractivity contribution < 1.29 is 10.3 Å². The van der Waals surface area contributed by atoms with E-state index in [1.165, 1.54) is 0 Å². The minimum absolute atomic E-state index is 0.0202. The Balaban J connectivity index is 2.62. The lowest BCUT2D eigenvalue weighted by molar-refractivity contribution is 0.319. The number of halogens is 2. The Morgan fingerprint density at radius 2 is 1.68 bits per heavy atom. The lowest BCUT2D eigenvalue weighted by Gasteiger charge is -2.20. The fourth-order valence-corrected chi connectivity index (χ4v) is 2.62. The number of hydrogen-bond acceptors (Lipinski definition) is 3. The third-order valence-electron chi connectivity index (χ3n) is 3.40. The predicted molar refractivity (Wildman–Crippen MR) is 90.7 cm³/mol. The summed E-state index contributed by atoms with van der Waals surface area (Å²) in [4.78, 5) is 0. The summed E-state index contributed by atoms with van der Waals surface area (Å²) in [5.74, 6) is 0.0202. The molecule has 0 unspecified atom stereocenters. The van der Waals surface area contributed by atoms with Crippen molar-refractivity contribution in [2.45, 2.75) is 26.2 Å². The fraction of sp³-hybridized carbons (Fsp3) is 0.235. The van der Waals surface area contributed by atoms with Crippen LogP contribution < -0.4 is 0 Å². The van der Waals surface area contributed by atoms with Crippen molar-refractivity contribution >= 4 is 28.9 Å². The number of nitrogens with zero attached hydrogens (tertiary/aromatic N) is 1. The molecule has 0 aliphatic rings. The Labute approximate surface area is 139 Å². The quantitative estimate of drug-likeness (QED) is 0.448. The van der Waals surface area contributed by atoms with Crippen LogP contribution >= 0.6 is 23.2 Å². The van der Waals surface area contributed by atoms with E-state index in [0.717, 1.165) is 5.56 Å². The smallest absolute Gasteiger partial charge is 0.125 e. The Morgan fingerprint density at radius 3 is 2.23 bits per heavy atom. The molecule has 0 heterocycles. The molecule has 0 aromatic heterocycles. The van der Waals surface area contributed by atoms with E-state index < -0.39 is 0 Å². The van der Waals surface area contributed by atoms with Gasteiger partial charge in [-0.2, -0.15) is 0 Å². The molecule has 2 rings (SSSR count). The third-order valence-corrected chi connectivity index (χ3v) is 3.95. The van der Waals surface area contributed by atoms with Crippen molar-refractivity contribution in [2.24, 2.45) is 5.16 Å². The van der Waals surface area contributed by atoms with E-state index in [0.29, 0.717) is 21.2 Å². The van der Waals surface area contributed by atoms with Gasteiger partial charge in [0.25, 0.3) is 0 Å². The van der Waals surface area contributed by atoms with Crippen molar-refractivity contribution in [1.82, 2.24) is 0 Å². The van der Waals surface area contributed by atoms with Crippen LogP contribution in [0.15, 0.2) is 41.6 Å². The average molecular weight is 338 g/mol. The molecule has 0 atom stereocenters. The Kier molecular flexibility index (Phi) is 4.69. The maximum absolute atomic E-state index is 10.1. The highest BCUT2D eigenvalue weighted by molar-refractivity contribution is 6.38. The number of oxime groups is 1. The van der Waals surface area contributed by atoms with Gasteiger partial charge in [-0.15, -0.1) is 0 Å². The largest absolute Gasteiger partial charge is 0.507 e. The van der Waals surface area contributed by atoms with Crippen molar-refractivity contribution in [2.75, 3.05) is 0 Å². The van der Waals surface area contributed by atoms with Crippen molar-refractivity contribution in [3.63, 3.8) is 0 Å². The molecule has 0 spiro atoms. The van der Waals surface area contributed by atoms with Gasteiger partial charge in [0, 0.05) is 16.1 Å². The molecule has 0 radical (unpaired) electrons. The number of hydrogen-bond donors (Lipinski definition) is 2. The summed E-state index contributed by atoms with van der Waals surface area (Å²) in [6.07, 6.45) is 0. The Morgan fingerprint density at radius 1 is 1.00 bits per heavy atom. The number of benzene rings is 2. The van der Waals surface area contributed by atoms with Gasteiger partial charge in [0.05, 0.1) is 5.02 Å². The SMILES string of the molecule is CC(C)(C)c1ccc(O)c(C(=NO)c2ccc(Cl)cc2Cl)c1. The molecular formula is C17H17Cl2NO2. The van der Waals surface area contributed by atoms with Gasteiger partial charge < -0.3 is 10.3 Å². The van der Waals surface area contributed by atoms with Crippen LogP contribution in [0.3, 0.4) is 0 Å². The molecule has 0 aliphatic heterocycles. The maximum Gasteiger partial charge on any atom is 0.125 e. The highest BCUT2D eigenvalue weighted by Crippen LogP contribution is 2.31. The number of aromatic hydroxyl groups is 1. The zero-order valence-corrected chi connectivity index (χ0v) is 14.1. The van der Waals surface area contributed by atoms with Gasteiger partial charge in [-0.3, -0.25) is 0 Å². The molecule has 116 valence electrons. The lowest BCUT2D eigenvalue weighted by atomic mass is 9.85. The molecule has 2 aromatic rings. The summed E-state index contributed by atoms with van der Waals surface area (Å²) in [5, 5.41) is 23.7. The van der Waals surface area contributed by atoms with E-state index in [1.54, 1.807) is 30.3 Å². The van der Waals surface area contributed by atoms with Crippen LogP contribution in [-0.4, -0.2) is 16.0 Å². The van der Waals surface area contributed by atoms with Crippen molar-refractivity contribution in [3.8, 4) is 5.75 Å². The summed E-state index contributed by atoms with van der Waals surface area (Å²) in [6.45, 7) is 6.19. The summed E-state index contributed by atoms with van der Waals surface area (Å²) in [5.41, 5.74) is 2.01. The highest BCUT2D eigenvalue weighted by Gasteiger charge is 2.20. The minimum atomic E-state index is -0.104. The maximum atomic E-state index is 10.1. The predicted octanol–water partition coefficient (Wildman–Crippen LogP) is 5.22. The van der Waals surface area contributed by atoms with Gasteiger partial charge in [-0.05, 0) is 41.3 Å². The molecule has 2 aromatic carbocycles. The van der Waals surface area contributed by atoms with Crippen LogP contribution in [0.25, 0.3) is 0 Å². The standard InChI is InChI=1S/C17H17Cl2NO2/c1-17(2,3)10-4-7-15(21)13(8-10)16(20-22)12-6-5-11(18)9-14(12)19/h4-9,21-22H,1-3H3. The second kappa shape index (κ2) is 6.19. The zero-order chi connectivity index (χ0) is 16.5. The normalized spacial score (nSPS) is 12.5. The molecular weight excluding hydrogens is 321 g/mol. The molecule has 5 heteroatoms. The molecule has 0 saturated heterocycles. The third kappa shape index (κ3) is 3.37. The lowest BCUT2D eigenvalue weighted by Crippen LogP contribution is -2.13. The van der Waals surface area contributed by atoms with Crippen LogP contribution in [0.4, 0.5) is 0 Å². The minimum Gasteiger partial charge on any atom is -0.507 e. The van der Waals surface area contributed by atoms with Crippen LogP contribution in [0.1, 0.15) is 37.5 Å². The molecule has 0 bridgehead atoms. The van der Waals surface area contributed by atoms with E-state index >= 15 is 0 Å². The molecule has 2 N–H and O–H groups in total. The van der Waals surface area contributed by atoms with E-state index in [4.69, 9.17) is 23.2 Å². The van der Waals surface area contributed by atoms with E-state index in [-0.39, 0.29) is 16.9 Å². The van der Waals surface area contributed by atoms with E-state index in [2.05, 4.69) is 25.9 Å². The summed E-state index contributed by atoms with van der Waals surface area (Å²) >= 11 is 12.1. The van der Waals surface area contributed by atoms with E-state index in [9.17, 15) is 10.3 Å². The van der Waals surface area contributed by atoms with Gasteiger partial charge in [0.15, 0.2) is 0 Å². The summed E-state index contributed by atoms with van der Waals surface area (Å²) in [6, 6.07) is 10.1. The summed E-state index contributed by atoms with van der Waals surface area (Å²) < 4.78 is 0. The Hall–Kier alpha value is -1.71. The van der Waals surface area contributed by atoms with Crippen LogP contribution in [-0.2, 0) is 5.41 Å². The topological polar surface area (TPSA) is 52.8 Å². The fourth-order valence-electron chi connectivity index (χ4n) is 2.13. The first-order valence-electron chi connectivity index (χ1n) is 6.75. The Bertz CT molecular complexity index is 734. The van der Waals surface area contributed by atoms with Crippen molar-refractivity contribution in [1.29, 1.82) is 0 Å². The molecule has 0 fully saturated rings. The van der Waals surface area contributed by atoms with Gasteiger partial charge in [0.1, 0.15) is 11.5 Å². The second-order valence-electron chi connectivity index (χ2n) is 6.05. The molecule has 22 heavy (non-hydrogen) atoms. The van der Waals surface area contributed by atoms with Crippen LogP contribution in [0.2, 0.25) is 10.0 Å². The first-order valence-corrected chi connectivity index (χ1v) is 7.51. The monoisotopic (exact) mass is 337 g/mol. The zero-order valence-electron chi connectivity index (χ0n) is 12.6. The highest BCUT2D eigenvalue weighted by atomic mass is 35.5. The number of phenols is 1. The van der Waals surface area contributed by atoms with Crippen molar-refractivity contribution in [3.05, 3.63) is 63.1 Å². The number of rotatable bonds is 2. The molecule has 0 aliphatic carbocycles. The van der Waals surface area contributed by atoms with Gasteiger partial charge >= 0.3 is 0 Å². The molecule has 0 amide bonds. The molecule has 3 nitrogen and oxygen atoms in total. The summed E-state index contributed by atoms with van der Waals surface area (Å²) in [7, 11) is 0. The van der Waals surface area contributed by atoms with Gasteiger partial charge in [-0.25, -0.2) is 0 Å². The first kappa shape index (κ1) is 16.7. The molecule has 0 saturated carbocycles. The average Bonchev–Trinajstić information content (AvgIpc) is 2.42. The van der Waals surface area contributed by atoms with Gasteiger partial charge in [0.2, 0.25) is 0 Å².